The van der Waals surface area contributed by atoms with E-state index in [1.807, 2.05) is 0 Å². The Morgan fingerprint density at radius 3 is 0.867 bits per heavy atom. The maximum absolute atomic E-state index is 9.53. The molecule has 0 aliphatic carbocycles. The molecule has 0 saturated heterocycles. The van der Waals surface area contributed by atoms with Crippen molar-refractivity contribution in [3.8, 4) is 0 Å². The number of hydrogen-bond donors (Lipinski definition) is 4. The van der Waals surface area contributed by atoms with Crippen LogP contribution in [0.1, 0.15) is 1.43 Å². The predicted molar refractivity (Wildman–Crippen MR) is 15.2 cm³/mol. The molecular weight excluding hydrogens is 355 g/mol. The van der Waals surface area contributed by atoms with E-state index in [-0.39, 0.29) is 31.0 Å². The Balaban J connectivity index is -0.0000000904. The summed E-state index contributed by atoms with van der Waals surface area (Å²) in [7, 11) is 0. The average molecular weight is 360 g/mol. The first-order chi connectivity index (χ1) is 5.71. The van der Waals surface area contributed by atoms with Crippen molar-refractivity contribution in [1.82, 2.24) is 0 Å². The van der Waals surface area contributed by atoms with Crippen molar-refractivity contribution in [3.05, 3.63) is 0 Å². The van der Waals surface area contributed by atoms with Crippen LogP contribution >= 0.6 is 0 Å². The molecule has 0 rings (SSSR count). The van der Waals surface area contributed by atoms with Gasteiger partial charge in [0.05, 0.1) is 0 Å². The molecule has 0 saturated carbocycles. The van der Waals surface area contributed by atoms with Crippen LogP contribution in [0.5, 0.6) is 0 Å². The predicted octanol–water partition coefficient (Wildman–Crippen LogP) is -5.90. The van der Waals surface area contributed by atoms with E-state index < -0.39 is 40.8 Å². The molecule has 15 heteroatoms. The first-order valence-corrected chi connectivity index (χ1v) is 8.51. The van der Waals surface area contributed by atoms with E-state index in [2.05, 4.69) is 2.84 Å². The van der Waals surface area contributed by atoms with Crippen LogP contribution in [-0.4, -0.2) is 16.6 Å². The number of rotatable bonds is 2. The molecule has 0 atom stereocenters. The summed E-state index contributed by atoms with van der Waals surface area (Å²) in [6.07, 6.45) is 0. The fourth-order valence-electron chi connectivity index (χ4n) is 0.109. The zero-order chi connectivity index (χ0) is 12.2. The summed E-state index contributed by atoms with van der Waals surface area (Å²) in [6, 6.07) is 0. The molecule has 0 amide bonds. The Hall–Kier alpha value is 1.20. The Kier molecular flexibility index (Phi) is 10.8. The second-order valence-electron chi connectivity index (χ2n) is 1.37. The minimum absolute atomic E-state index is 0. The monoisotopic (exact) mass is 360 g/mol. The van der Waals surface area contributed by atoms with Gasteiger partial charge in [-0.3, -0.25) is 0 Å². The van der Waals surface area contributed by atoms with Crippen LogP contribution in [0.2, 0.25) is 0 Å². The Morgan fingerprint density at radius 1 is 0.733 bits per heavy atom. The third-order valence-electron chi connectivity index (χ3n) is 0.172. The zero-order valence-electron chi connectivity index (χ0n) is 7.87. The van der Waals surface area contributed by atoms with E-state index in [0.29, 0.717) is 0 Å². The summed E-state index contributed by atoms with van der Waals surface area (Å²) in [6.45, 7) is 0. The van der Waals surface area contributed by atoms with Gasteiger partial charge in [0.1, 0.15) is 0 Å². The molecule has 0 spiro atoms. The SMILES string of the molecule is [H-].[Na+].[O]=[Cr](=[O])([OH])[OH].[O]=[Cr](=[O])([OH])[O][Cr](=[O])(=[O])[OH]. The molecule has 0 aromatic carbocycles. The maximum atomic E-state index is 9.53. The molecule has 15 heavy (non-hydrogen) atoms. The first kappa shape index (κ1) is 21.5. The summed E-state index contributed by atoms with van der Waals surface area (Å²) < 4.78 is 88.1. The summed E-state index contributed by atoms with van der Waals surface area (Å²) in [5.74, 6) is 0. The molecular formula is H5Cr3NaO11. The minimum atomic E-state index is -5.76. The fourth-order valence-corrected chi connectivity index (χ4v) is 1.85. The second kappa shape index (κ2) is 7.51. The summed E-state index contributed by atoms with van der Waals surface area (Å²) in [5.41, 5.74) is 0. The van der Waals surface area contributed by atoms with Gasteiger partial charge in [-0.2, -0.15) is 0 Å². The van der Waals surface area contributed by atoms with Gasteiger partial charge in [-0.25, -0.2) is 0 Å². The molecule has 0 aromatic rings. The van der Waals surface area contributed by atoms with Gasteiger partial charge < -0.3 is 1.43 Å². The average Bonchev–Trinajstić information content (AvgIpc) is 1.42. The van der Waals surface area contributed by atoms with E-state index >= 15 is 0 Å². The van der Waals surface area contributed by atoms with Crippen LogP contribution in [0, 0.1) is 0 Å². The van der Waals surface area contributed by atoms with Crippen LogP contribution in [0.15, 0.2) is 0 Å². The van der Waals surface area contributed by atoms with Crippen molar-refractivity contribution < 1.29 is 114 Å². The van der Waals surface area contributed by atoms with Gasteiger partial charge in [-0.15, -0.1) is 0 Å². The third kappa shape index (κ3) is 51.1. The second-order valence-corrected chi connectivity index (χ2v) is 6.53. The first-order valence-electron chi connectivity index (χ1n) is 2.06. The molecule has 0 bridgehead atoms. The molecule has 0 aliphatic heterocycles. The number of hydrogen-bond acceptors (Lipinski definition) is 7. The summed E-state index contributed by atoms with van der Waals surface area (Å²) in [5, 5.41) is 0. The fraction of sp³-hybridized carbons (Fsp3) is 0. The van der Waals surface area contributed by atoms with Crippen molar-refractivity contribution in [3.63, 3.8) is 0 Å². The van der Waals surface area contributed by atoms with Crippen molar-refractivity contribution >= 4 is 0 Å². The van der Waals surface area contributed by atoms with Crippen LogP contribution < -0.4 is 29.6 Å². The molecule has 0 heterocycles. The molecule has 0 aromatic heterocycles. The molecule has 4 N–H and O–H groups in total. The molecule has 0 unspecified atom stereocenters. The third-order valence-corrected chi connectivity index (χ3v) is 2.92. The summed E-state index contributed by atoms with van der Waals surface area (Å²) >= 11 is -16.8. The standard InChI is InChI=1S/3Cr.Na.4H2O.7O.H/h;;;;4*1H2;;;;;;;;/q2*+1;+2;+1;;;;;;;;;;;;-1/p-4. The van der Waals surface area contributed by atoms with E-state index in [1.165, 1.54) is 0 Å². The van der Waals surface area contributed by atoms with Crippen molar-refractivity contribution in [2.75, 3.05) is 0 Å². The molecule has 11 nitrogen and oxygen atoms in total. The normalized spacial score (nSPS) is 12.0. The molecule has 0 radical (unpaired) electrons. The Labute approximate surface area is 113 Å². The van der Waals surface area contributed by atoms with Crippen LogP contribution in [-0.2, 0) is 66.5 Å². The Morgan fingerprint density at radius 2 is 0.867 bits per heavy atom. The van der Waals surface area contributed by atoms with Gasteiger partial charge >= 0.3 is 113 Å². The van der Waals surface area contributed by atoms with Crippen molar-refractivity contribution in [1.29, 1.82) is 0 Å². The van der Waals surface area contributed by atoms with Crippen molar-refractivity contribution in [2.45, 2.75) is 0 Å². The molecule has 0 aliphatic rings. The van der Waals surface area contributed by atoms with Gasteiger partial charge in [0.2, 0.25) is 0 Å². The molecule has 90 valence electrons. The van der Waals surface area contributed by atoms with Crippen LogP contribution in [0.3, 0.4) is 0 Å². The van der Waals surface area contributed by atoms with Gasteiger partial charge in [-0.05, 0) is 0 Å². The van der Waals surface area contributed by atoms with E-state index in [0.717, 1.165) is 0 Å². The quantitative estimate of drug-likeness (QED) is 0.343. The van der Waals surface area contributed by atoms with Gasteiger partial charge in [0.15, 0.2) is 0 Å². The van der Waals surface area contributed by atoms with Gasteiger partial charge in [0, 0.05) is 0 Å². The molecule has 0 fully saturated rings. The van der Waals surface area contributed by atoms with Gasteiger partial charge in [-0.1, -0.05) is 0 Å². The topological polar surface area (TPSA) is 193 Å². The van der Waals surface area contributed by atoms with Crippen molar-refractivity contribution in [2.24, 2.45) is 0 Å². The van der Waals surface area contributed by atoms with E-state index in [9.17, 15) is 15.2 Å². The van der Waals surface area contributed by atoms with Crippen LogP contribution in [0.25, 0.3) is 0 Å². The Bertz CT molecular complexity index is 413. The summed E-state index contributed by atoms with van der Waals surface area (Å²) in [4.78, 5) is 0. The van der Waals surface area contributed by atoms with Gasteiger partial charge in [0.25, 0.3) is 0 Å². The van der Waals surface area contributed by atoms with Crippen LogP contribution in [0.4, 0.5) is 0 Å². The zero-order valence-corrected chi connectivity index (χ0v) is 12.7. The van der Waals surface area contributed by atoms with E-state index in [1.54, 1.807) is 0 Å². The van der Waals surface area contributed by atoms with E-state index in [4.69, 9.17) is 24.2 Å².